The highest BCUT2D eigenvalue weighted by Gasteiger charge is 2.29. The summed E-state index contributed by atoms with van der Waals surface area (Å²) in [6.45, 7) is 3.24. The summed E-state index contributed by atoms with van der Waals surface area (Å²) >= 11 is 6.02. The number of piperidine rings is 1. The summed E-state index contributed by atoms with van der Waals surface area (Å²) in [5.74, 6) is 0.182. The predicted molar refractivity (Wildman–Crippen MR) is 105 cm³/mol. The van der Waals surface area contributed by atoms with Crippen molar-refractivity contribution in [3.63, 3.8) is 0 Å². The minimum atomic E-state index is -3.19. The van der Waals surface area contributed by atoms with Gasteiger partial charge in [-0.25, -0.2) is 12.7 Å². The number of hydrogen-bond acceptors (Lipinski definition) is 4. The Labute approximate surface area is 164 Å². The van der Waals surface area contributed by atoms with Crippen molar-refractivity contribution in [2.45, 2.75) is 26.3 Å². The molecule has 9 heteroatoms. The minimum absolute atomic E-state index is 0.115. The summed E-state index contributed by atoms with van der Waals surface area (Å²) in [7, 11) is -3.19. The molecule has 1 saturated heterocycles. The van der Waals surface area contributed by atoms with Crippen LogP contribution in [-0.2, 0) is 21.4 Å². The second-order valence-electron chi connectivity index (χ2n) is 6.88. The van der Waals surface area contributed by atoms with Crippen molar-refractivity contribution in [2.75, 3.05) is 24.7 Å². The number of halogens is 1. The van der Waals surface area contributed by atoms with E-state index in [9.17, 15) is 13.2 Å². The van der Waals surface area contributed by atoms with Crippen molar-refractivity contribution in [2.24, 2.45) is 5.92 Å². The Balaban J connectivity index is 1.61. The van der Waals surface area contributed by atoms with Gasteiger partial charge in [-0.2, -0.15) is 5.10 Å². The summed E-state index contributed by atoms with van der Waals surface area (Å²) in [6.07, 6.45) is 2.23. The van der Waals surface area contributed by atoms with E-state index in [4.69, 9.17) is 11.6 Å². The number of rotatable bonds is 5. The first-order valence-electron chi connectivity index (χ1n) is 8.77. The van der Waals surface area contributed by atoms with Gasteiger partial charge in [-0.3, -0.25) is 9.48 Å². The molecular formula is C18H23ClN4O3S. The van der Waals surface area contributed by atoms with Crippen LogP contribution >= 0.6 is 11.6 Å². The Morgan fingerprint density at radius 2 is 2.00 bits per heavy atom. The van der Waals surface area contributed by atoms with Gasteiger partial charge in [0.1, 0.15) is 0 Å². The van der Waals surface area contributed by atoms with Crippen LogP contribution in [-0.4, -0.2) is 47.8 Å². The third-order valence-corrected chi connectivity index (χ3v) is 6.29. The van der Waals surface area contributed by atoms with Crippen molar-refractivity contribution in [3.8, 4) is 0 Å². The van der Waals surface area contributed by atoms with E-state index >= 15 is 0 Å². The smallest absolute Gasteiger partial charge is 0.228 e. The van der Waals surface area contributed by atoms with Gasteiger partial charge in [0.25, 0.3) is 0 Å². The molecule has 2 heterocycles. The zero-order valence-electron chi connectivity index (χ0n) is 15.4. The van der Waals surface area contributed by atoms with E-state index in [1.165, 1.54) is 10.6 Å². The summed E-state index contributed by atoms with van der Waals surface area (Å²) in [4.78, 5) is 12.5. The van der Waals surface area contributed by atoms with Crippen LogP contribution in [0.15, 0.2) is 30.3 Å². The van der Waals surface area contributed by atoms with Crippen LogP contribution in [0.3, 0.4) is 0 Å². The Morgan fingerprint density at radius 1 is 1.30 bits per heavy atom. The molecule has 3 rings (SSSR count). The fourth-order valence-corrected chi connectivity index (χ4v) is 4.30. The Kier molecular flexibility index (Phi) is 5.88. The van der Waals surface area contributed by atoms with Gasteiger partial charge in [0, 0.05) is 35.8 Å². The maximum absolute atomic E-state index is 12.5. The number of carbonyl (C=O) groups is 1. The molecular weight excluding hydrogens is 388 g/mol. The first kappa shape index (κ1) is 19.9. The molecule has 1 fully saturated rings. The highest BCUT2D eigenvalue weighted by Crippen LogP contribution is 2.21. The molecule has 27 heavy (non-hydrogen) atoms. The molecule has 2 aromatic rings. The lowest BCUT2D eigenvalue weighted by molar-refractivity contribution is -0.120. The highest BCUT2D eigenvalue weighted by atomic mass is 35.5. The molecule has 0 atom stereocenters. The van der Waals surface area contributed by atoms with E-state index < -0.39 is 10.0 Å². The van der Waals surface area contributed by atoms with E-state index in [1.54, 1.807) is 0 Å². The lowest BCUT2D eigenvalue weighted by Crippen LogP contribution is -2.40. The fourth-order valence-electron chi connectivity index (χ4n) is 3.22. The van der Waals surface area contributed by atoms with Gasteiger partial charge in [0.15, 0.2) is 5.82 Å². The molecule has 0 bridgehead atoms. The van der Waals surface area contributed by atoms with Gasteiger partial charge < -0.3 is 5.32 Å². The average molecular weight is 411 g/mol. The monoisotopic (exact) mass is 410 g/mol. The molecule has 1 aliphatic heterocycles. The summed E-state index contributed by atoms with van der Waals surface area (Å²) in [6, 6.07) is 9.40. The molecule has 0 saturated carbocycles. The van der Waals surface area contributed by atoms with Crippen molar-refractivity contribution < 1.29 is 13.2 Å². The Hall–Kier alpha value is -1.90. The first-order valence-corrected chi connectivity index (χ1v) is 11.0. The molecule has 1 amide bonds. The van der Waals surface area contributed by atoms with Crippen LogP contribution in [0, 0.1) is 12.8 Å². The number of hydrogen-bond donors (Lipinski definition) is 1. The first-order chi connectivity index (χ1) is 12.7. The van der Waals surface area contributed by atoms with Crippen LogP contribution in [0.25, 0.3) is 0 Å². The zero-order valence-corrected chi connectivity index (χ0v) is 16.9. The van der Waals surface area contributed by atoms with Gasteiger partial charge >= 0.3 is 0 Å². The van der Waals surface area contributed by atoms with Crippen molar-refractivity contribution in [1.29, 1.82) is 0 Å². The third kappa shape index (κ3) is 5.09. The molecule has 0 radical (unpaired) electrons. The maximum atomic E-state index is 12.5. The van der Waals surface area contributed by atoms with Crippen LogP contribution in [0.5, 0.6) is 0 Å². The average Bonchev–Trinajstić information content (AvgIpc) is 2.93. The zero-order chi connectivity index (χ0) is 19.6. The third-order valence-electron chi connectivity index (χ3n) is 4.75. The lowest BCUT2D eigenvalue weighted by Gasteiger charge is -2.29. The molecule has 1 N–H and O–H groups in total. The number of sulfonamides is 1. The standard InChI is InChI=1S/C18H23ClN4O3S/c1-13-10-17(21-23(13)12-14-4-3-5-16(19)11-14)20-18(24)15-6-8-22(9-7-15)27(2,25)26/h3-5,10-11,15H,6-9,12H2,1-2H3,(H,20,21,24). The molecule has 0 aliphatic carbocycles. The topological polar surface area (TPSA) is 84.3 Å². The van der Waals surface area contributed by atoms with E-state index in [0.29, 0.717) is 43.3 Å². The number of carbonyl (C=O) groups excluding carboxylic acids is 1. The van der Waals surface area contributed by atoms with Gasteiger partial charge in [0.2, 0.25) is 15.9 Å². The number of benzene rings is 1. The van der Waals surface area contributed by atoms with Gasteiger partial charge in [-0.05, 0) is 37.5 Å². The number of nitrogens with one attached hydrogen (secondary N) is 1. The minimum Gasteiger partial charge on any atom is -0.309 e. The van der Waals surface area contributed by atoms with Gasteiger partial charge in [-0.15, -0.1) is 0 Å². The number of aryl methyl sites for hydroxylation is 1. The van der Waals surface area contributed by atoms with Crippen LogP contribution in [0.1, 0.15) is 24.1 Å². The van der Waals surface area contributed by atoms with Crippen LogP contribution < -0.4 is 5.32 Å². The Bertz CT molecular complexity index is 934. The normalized spacial score (nSPS) is 16.4. The van der Waals surface area contributed by atoms with Crippen molar-refractivity contribution >= 4 is 33.3 Å². The fraction of sp³-hybridized carbons (Fsp3) is 0.444. The second-order valence-corrected chi connectivity index (χ2v) is 9.30. The van der Waals surface area contributed by atoms with Crippen molar-refractivity contribution in [1.82, 2.24) is 14.1 Å². The summed E-state index contributed by atoms with van der Waals surface area (Å²) in [5.41, 5.74) is 1.96. The number of amides is 1. The van der Waals surface area contributed by atoms with Gasteiger partial charge in [-0.1, -0.05) is 23.7 Å². The summed E-state index contributed by atoms with van der Waals surface area (Å²) < 4.78 is 26.4. The molecule has 1 aliphatic rings. The number of anilines is 1. The highest BCUT2D eigenvalue weighted by molar-refractivity contribution is 7.88. The SMILES string of the molecule is Cc1cc(NC(=O)C2CCN(S(C)(=O)=O)CC2)nn1Cc1cccc(Cl)c1. The summed E-state index contributed by atoms with van der Waals surface area (Å²) in [5, 5.41) is 7.99. The second kappa shape index (κ2) is 8.00. The van der Waals surface area contributed by atoms with Crippen LogP contribution in [0.4, 0.5) is 5.82 Å². The number of aromatic nitrogens is 2. The van der Waals surface area contributed by atoms with Crippen molar-refractivity contribution in [3.05, 3.63) is 46.6 Å². The number of nitrogens with zero attached hydrogens (tertiary/aromatic N) is 3. The lowest BCUT2D eigenvalue weighted by atomic mass is 9.97. The van der Waals surface area contributed by atoms with E-state index in [1.807, 2.05) is 41.9 Å². The van der Waals surface area contributed by atoms with E-state index in [-0.39, 0.29) is 11.8 Å². The van der Waals surface area contributed by atoms with Gasteiger partial charge in [0.05, 0.1) is 12.8 Å². The molecule has 1 aromatic heterocycles. The molecule has 1 aromatic carbocycles. The molecule has 0 unspecified atom stereocenters. The quantitative estimate of drug-likeness (QED) is 0.820. The molecule has 7 nitrogen and oxygen atoms in total. The maximum Gasteiger partial charge on any atom is 0.228 e. The Morgan fingerprint density at radius 3 is 2.63 bits per heavy atom. The molecule has 146 valence electrons. The van der Waals surface area contributed by atoms with E-state index in [0.717, 1.165) is 11.3 Å². The largest absolute Gasteiger partial charge is 0.309 e. The van der Waals surface area contributed by atoms with Crippen LogP contribution in [0.2, 0.25) is 5.02 Å². The predicted octanol–water partition coefficient (Wildman–Crippen LogP) is 2.50. The van der Waals surface area contributed by atoms with E-state index in [2.05, 4.69) is 10.4 Å². The molecule has 0 spiro atoms.